The van der Waals surface area contributed by atoms with Crippen LogP contribution in [0.2, 0.25) is 0 Å². The highest BCUT2D eigenvalue weighted by molar-refractivity contribution is 5.80. The Kier molecular flexibility index (Phi) is 3.42. The highest BCUT2D eigenvalue weighted by atomic mass is 16.5. The molecule has 0 saturated heterocycles. The molecule has 0 unspecified atom stereocenters. The van der Waals surface area contributed by atoms with Gasteiger partial charge in [-0.05, 0) is 18.8 Å². The lowest BCUT2D eigenvalue weighted by molar-refractivity contribution is -0.144. The number of ketones is 1. The van der Waals surface area contributed by atoms with Crippen molar-refractivity contribution in [2.24, 2.45) is 11.7 Å². The normalized spacial score (nSPS) is 21.2. The lowest BCUT2D eigenvalue weighted by Gasteiger charge is -2.24. The van der Waals surface area contributed by atoms with Crippen LogP contribution in [0.15, 0.2) is 0 Å². The summed E-state index contributed by atoms with van der Waals surface area (Å²) in [4.78, 5) is 22.0. The molecule has 1 aliphatic carbocycles. The summed E-state index contributed by atoms with van der Waals surface area (Å²) in [5.74, 6) is 0.0119. The van der Waals surface area contributed by atoms with Crippen LogP contribution in [0.4, 0.5) is 0 Å². The van der Waals surface area contributed by atoms with Crippen molar-refractivity contribution in [2.75, 3.05) is 7.11 Å². The van der Waals surface area contributed by atoms with Crippen molar-refractivity contribution in [3.8, 4) is 0 Å². The van der Waals surface area contributed by atoms with Crippen LogP contribution in [-0.2, 0) is 14.3 Å². The van der Waals surface area contributed by atoms with E-state index in [0.29, 0.717) is 12.8 Å². The van der Waals surface area contributed by atoms with Crippen LogP contribution in [0.25, 0.3) is 0 Å². The van der Waals surface area contributed by atoms with Gasteiger partial charge in [-0.3, -0.25) is 9.59 Å². The van der Waals surface area contributed by atoms with E-state index in [-0.39, 0.29) is 17.7 Å². The Morgan fingerprint density at radius 2 is 2.08 bits per heavy atom. The molecule has 0 aromatic heterocycles. The van der Waals surface area contributed by atoms with Crippen LogP contribution in [0.3, 0.4) is 0 Å². The van der Waals surface area contributed by atoms with Gasteiger partial charge in [-0.25, -0.2) is 0 Å². The van der Waals surface area contributed by atoms with Gasteiger partial charge in [0.1, 0.15) is 11.8 Å². The Hall–Kier alpha value is -0.900. The Morgan fingerprint density at radius 3 is 2.54 bits per heavy atom. The molecule has 13 heavy (non-hydrogen) atoms. The van der Waals surface area contributed by atoms with Gasteiger partial charge in [-0.2, -0.15) is 0 Å². The second kappa shape index (κ2) is 4.37. The van der Waals surface area contributed by atoms with Crippen molar-refractivity contribution < 1.29 is 14.3 Å². The standard InChI is InChI=1S/C9H15NO3/c1-13-9(12)8(10)6-2-4-7(11)5-3-6/h6,8H,2-5,10H2,1H3/t8-/m0/s1. The molecule has 4 nitrogen and oxygen atoms in total. The average Bonchev–Trinajstić information content (AvgIpc) is 2.17. The minimum absolute atomic E-state index is 0.116. The molecule has 0 radical (unpaired) electrons. The largest absolute Gasteiger partial charge is 0.468 e. The number of ether oxygens (including phenoxy) is 1. The molecule has 0 heterocycles. The summed E-state index contributed by atoms with van der Waals surface area (Å²) in [7, 11) is 1.33. The van der Waals surface area contributed by atoms with Crippen LogP contribution in [0.5, 0.6) is 0 Å². The maximum absolute atomic E-state index is 11.1. The first-order valence-electron chi connectivity index (χ1n) is 4.50. The molecular weight excluding hydrogens is 170 g/mol. The van der Waals surface area contributed by atoms with E-state index in [2.05, 4.69) is 4.74 Å². The Bertz CT molecular complexity index is 205. The molecule has 2 N–H and O–H groups in total. The van der Waals surface area contributed by atoms with Crippen LogP contribution in [-0.4, -0.2) is 24.9 Å². The Labute approximate surface area is 77.4 Å². The van der Waals surface area contributed by atoms with Crippen molar-refractivity contribution >= 4 is 11.8 Å². The molecule has 1 atom stereocenters. The van der Waals surface area contributed by atoms with E-state index in [1.807, 2.05) is 0 Å². The molecule has 1 fully saturated rings. The third-order valence-corrected chi connectivity index (χ3v) is 2.57. The number of carbonyl (C=O) groups excluding carboxylic acids is 2. The number of esters is 1. The minimum Gasteiger partial charge on any atom is -0.468 e. The van der Waals surface area contributed by atoms with Crippen LogP contribution in [0.1, 0.15) is 25.7 Å². The maximum Gasteiger partial charge on any atom is 0.322 e. The van der Waals surface area contributed by atoms with Crippen LogP contribution in [0, 0.1) is 5.92 Å². The predicted molar refractivity (Wildman–Crippen MR) is 47.0 cm³/mol. The van der Waals surface area contributed by atoms with Crippen molar-refractivity contribution in [3.05, 3.63) is 0 Å². The fourth-order valence-electron chi connectivity index (χ4n) is 1.65. The quantitative estimate of drug-likeness (QED) is 0.626. The maximum atomic E-state index is 11.1. The van der Waals surface area contributed by atoms with Gasteiger partial charge in [0.05, 0.1) is 7.11 Å². The minimum atomic E-state index is -0.557. The molecule has 0 aromatic carbocycles. The molecule has 1 aliphatic rings. The smallest absolute Gasteiger partial charge is 0.322 e. The first kappa shape index (κ1) is 10.2. The van der Waals surface area contributed by atoms with Gasteiger partial charge in [0.25, 0.3) is 0 Å². The van der Waals surface area contributed by atoms with Gasteiger partial charge in [-0.1, -0.05) is 0 Å². The van der Waals surface area contributed by atoms with E-state index in [1.54, 1.807) is 0 Å². The molecule has 0 aliphatic heterocycles. The first-order chi connectivity index (χ1) is 6.15. The van der Waals surface area contributed by atoms with Crippen molar-refractivity contribution in [1.82, 2.24) is 0 Å². The second-order valence-electron chi connectivity index (χ2n) is 3.43. The molecule has 4 heteroatoms. The summed E-state index contributed by atoms with van der Waals surface area (Å²) in [6.45, 7) is 0. The average molecular weight is 185 g/mol. The lowest BCUT2D eigenvalue weighted by atomic mass is 9.84. The van der Waals surface area contributed by atoms with Gasteiger partial charge in [0.15, 0.2) is 0 Å². The molecule has 1 saturated carbocycles. The number of rotatable bonds is 2. The fourth-order valence-corrected chi connectivity index (χ4v) is 1.65. The molecule has 0 spiro atoms. The third kappa shape index (κ3) is 2.52. The molecule has 0 bridgehead atoms. The summed E-state index contributed by atoms with van der Waals surface area (Å²) in [5.41, 5.74) is 5.66. The van der Waals surface area contributed by atoms with E-state index in [4.69, 9.17) is 5.73 Å². The van der Waals surface area contributed by atoms with Gasteiger partial charge in [-0.15, -0.1) is 0 Å². The Morgan fingerprint density at radius 1 is 1.54 bits per heavy atom. The van der Waals surface area contributed by atoms with E-state index in [1.165, 1.54) is 7.11 Å². The molecule has 0 amide bonds. The number of methoxy groups -OCH3 is 1. The first-order valence-corrected chi connectivity index (χ1v) is 4.50. The van der Waals surface area contributed by atoms with Gasteiger partial charge >= 0.3 is 5.97 Å². The topological polar surface area (TPSA) is 69.4 Å². The van der Waals surface area contributed by atoms with Gasteiger partial charge < -0.3 is 10.5 Å². The van der Waals surface area contributed by atoms with Gasteiger partial charge in [0, 0.05) is 12.8 Å². The third-order valence-electron chi connectivity index (χ3n) is 2.57. The number of carbonyl (C=O) groups is 2. The summed E-state index contributed by atoms with van der Waals surface area (Å²) >= 11 is 0. The highest BCUT2D eigenvalue weighted by Gasteiger charge is 2.28. The van der Waals surface area contributed by atoms with Crippen molar-refractivity contribution in [1.29, 1.82) is 0 Å². The van der Waals surface area contributed by atoms with Crippen molar-refractivity contribution in [3.63, 3.8) is 0 Å². The van der Waals surface area contributed by atoms with E-state index >= 15 is 0 Å². The van der Waals surface area contributed by atoms with Crippen LogP contribution < -0.4 is 5.73 Å². The lowest BCUT2D eigenvalue weighted by Crippen LogP contribution is -2.40. The predicted octanol–water partition coefficient (Wildman–Crippen LogP) is 0.246. The van der Waals surface area contributed by atoms with Gasteiger partial charge in [0.2, 0.25) is 0 Å². The molecule has 74 valence electrons. The zero-order valence-corrected chi connectivity index (χ0v) is 7.79. The monoisotopic (exact) mass is 185 g/mol. The zero-order chi connectivity index (χ0) is 9.84. The summed E-state index contributed by atoms with van der Waals surface area (Å²) in [5, 5.41) is 0. The molecule has 0 aromatic rings. The summed E-state index contributed by atoms with van der Waals surface area (Å²) in [6, 6.07) is -0.557. The van der Waals surface area contributed by atoms with Crippen LogP contribution >= 0.6 is 0 Å². The summed E-state index contributed by atoms with van der Waals surface area (Å²) in [6.07, 6.45) is 2.54. The molecule has 1 rings (SSSR count). The number of nitrogens with two attached hydrogens (primary N) is 1. The number of Topliss-reactive ketones (excluding diaryl/α,β-unsaturated/α-hetero) is 1. The fraction of sp³-hybridized carbons (Fsp3) is 0.778. The van der Waals surface area contributed by atoms with E-state index in [0.717, 1.165) is 12.8 Å². The summed E-state index contributed by atoms with van der Waals surface area (Å²) < 4.78 is 4.54. The number of hydrogen-bond acceptors (Lipinski definition) is 4. The molecular formula is C9H15NO3. The van der Waals surface area contributed by atoms with Crippen molar-refractivity contribution in [2.45, 2.75) is 31.7 Å². The Balaban J connectivity index is 2.44. The zero-order valence-electron chi connectivity index (χ0n) is 7.79. The second-order valence-corrected chi connectivity index (χ2v) is 3.43. The van der Waals surface area contributed by atoms with E-state index < -0.39 is 6.04 Å². The number of hydrogen-bond donors (Lipinski definition) is 1. The highest BCUT2D eigenvalue weighted by Crippen LogP contribution is 2.23. The SMILES string of the molecule is COC(=O)[C@@H](N)C1CCC(=O)CC1. The van der Waals surface area contributed by atoms with E-state index in [9.17, 15) is 9.59 Å².